The van der Waals surface area contributed by atoms with Crippen LogP contribution in [0.4, 0.5) is 13.2 Å². The summed E-state index contributed by atoms with van der Waals surface area (Å²) in [5, 5.41) is 9.97. The van der Waals surface area contributed by atoms with Gasteiger partial charge in [0.05, 0.1) is 17.7 Å². The predicted molar refractivity (Wildman–Crippen MR) is 80.1 cm³/mol. The van der Waals surface area contributed by atoms with Gasteiger partial charge in [0.1, 0.15) is 0 Å². The van der Waals surface area contributed by atoms with E-state index in [1.54, 1.807) is 0 Å². The Balaban J connectivity index is 1.90. The van der Waals surface area contributed by atoms with Gasteiger partial charge in [-0.2, -0.15) is 13.2 Å². The van der Waals surface area contributed by atoms with Crippen molar-refractivity contribution in [1.29, 1.82) is 0 Å². The number of alkyl halides is 3. The van der Waals surface area contributed by atoms with Crippen LogP contribution in [0.2, 0.25) is 0 Å². The van der Waals surface area contributed by atoms with Gasteiger partial charge in [-0.3, -0.25) is 4.79 Å². The maximum atomic E-state index is 13.3. The molecule has 2 aliphatic rings. The van der Waals surface area contributed by atoms with Crippen molar-refractivity contribution in [3.05, 3.63) is 35.4 Å². The summed E-state index contributed by atoms with van der Waals surface area (Å²) in [5.41, 5.74) is -0.684. The fraction of sp³-hybridized carbons (Fsp3) is 0.588. The number of halogens is 3. The Hall–Kier alpha value is -1.60. The van der Waals surface area contributed by atoms with E-state index in [1.807, 2.05) is 0 Å². The summed E-state index contributed by atoms with van der Waals surface area (Å²) in [5.74, 6) is -0.429. The van der Waals surface area contributed by atoms with Crippen LogP contribution in [0.5, 0.6) is 0 Å². The van der Waals surface area contributed by atoms with Crippen molar-refractivity contribution >= 4 is 5.91 Å². The number of carbonyl (C=O) groups is 1. The molecule has 3 rings (SSSR count). The van der Waals surface area contributed by atoms with Gasteiger partial charge < -0.3 is 14.7 Å². The van der Waals surface area contributed by atoms with Crippen molar-refractivity contribution in [3.63, 3.8) is 0 Å². The fourth-order valence-corrected chi connectivity index (χ4v) is 3.58. The molecule has 0 saturated carbocycles. The second-order valence-corrected chi connectivity index (χ2v) is 6.37. The van der Waals surface area contributed by atoms with Crippen LogP contribution in [-0.2, 0) is 15.7 Å². The Morgan fingerprint density at radius 1 is 1.21 bits per heavy atom. The van der Waals surface area contributed by atoms with Crippen LogP contribution in [0.15, 0.2) is 24.3 Å². The van der Waals surface area contributed by atoms with Crippen molar-refractivity contribution in [1.82, 2.24) is 4.90 Å². The summed E-state index contributed by atoms with van der Waals surface area (Å²) in [4.78, 5) is 14.2. The maximum Gasteiger partial charge on any atom is 0.416 e. The highest BCUT2D eigenvalue weighted by Gasteiger charge is 2.42. The van der Waals surface area contributed by atoms with Crippen molar-refractivity contribution in [2.24, 2.45) is 5.92 Å². The molecular weight excluding hydrogens is 323 g/mol. The molecule has 1 aromatic carbocycles. The Morgan fingerprint density at radius 2 is 1.88 bits per heavy atom. The minimum absolute atomic E-state index is 0.0574. The van der Waals surface area contributed by atoms with E-state index in [0.717, 1.165) is 6.07 Å². The van der Waals surface area contributed by atoms with E-state index in [4.69, 9.17) is 4.74 Å². The van der Waals surface area contributed by atoms with Crippen LogP contribution in [0.1, 0.15) is 36.4 Å². The molecule has 0 spiro atoms. The first kappa shape index (κ1) is 17.2. The van der Waals surface area contributed by atoms with Gasteiger partial charge in [0.25, 0.3) is 0 Å². The molecule has 2 heterocycles. The quantitative estimate of drug-likeness (QED) is 0.898. The first-order chi connectivity index (χ1) is 11.4. The third-order valence-electron chi connectivity index (χ3n) is 4.76. The number of amides is 1. The molecule has 0 unspecified atom stereocenters. The number of hydrogen-bond acceptors (Lipinski definition) is 3. The van der Waals surface area contributed by atoms with Crippen LogP contribution in [0.3, 0.4) is 0 Å². The van der Waals surface area contributed by atoms with Crippen LogP contribution >= 0.6 is 0 Å². The number of β-amino-alcohol motifs (C(OH)–C–C–N with tert-alkyl or cyclic N) is 1. The molecule has 2 aliphatic heterocycles. The zero-order chi connectivity index (χ0) is 17.3. The summed E-state index contributed by atoms with van der Waals surface area (Å²) >= 11 is 0. The van der Waals surface area contributed by atoms with Gasteiger partial charge in [0.15, 0.2) is 0 Å². The molecule has 1 N–H and O–H groups in total. The summed E-state index contributed by atoms with van der Waals surface area (Å²) in [6.45, 7) is 1.04. The Bertz CT molecular complexity index is 599. The van der Waals surface area contributed by atoms with Crippen LogP contribution in [-0.4, -0.2) is 41.8 Å². The number of carbonyl (C=O) groups excluding carboxylic acids is 1. The topological polar surface area (TPSA) is 49.8 Å². The molecule has 24 heavy (non-hydrogen) atoms. The minimum Gasteiger partial charge on any atom is -0.391 e. The molecule has 1 amide bonds. The number of benzene rings is 1. The van der Waals surface area contributed by atoms with Crippen LogP contribution in [0, 0.1) is 5.92 Å². The van der Waals surface area contributed by atoms with Crippen molar-refractivity contribution in [2.75, 3.05) is 19.8 Å². The number of nitrogens with zero attached hydrogens (tertiary/aromatic N) is 1. The Morgan fingerprint density at radius 3 is 2.54 bits per heavy atom. The van der Waals surface area contributed by atoms with E-state index in [9.17, 15) is 23.1 Å². The first-order valence-corrected chi connectivity index (χ1v) is 8.10. The molecule has 0 bridgehead atoms. The lowest BCUT2D eigenvalue weighted by Gasteiger charge is -2.31. The van der Waals surface area contributed by atoms with Gasteiger partial charge in [-0.05, 0) is 30.9 Å². The second-order valence-electron chi connectivity index (χ2n) is 6.37. The average molecular weight is 343 g/mol. The average Bonchev–Trinajstić information content (AvgIpc) is 2.96. The number of hydrogen-bond donors (Lipinski definition) is 1. The molecule has 0 aromatic heterocycles. The predicted octanol–water partition coefficient (Wildman–Crippen LogP) is 2.77. The van der Waals surface area contributed by atoms with Gasteiger partial charge >= 0.3 is 6.18 Å². The zero-order valence-corrected chi connectivity index (χ0v) is 13.1. The van der Waals surface area contributed by atoms with Gasteiger partial charge in [-0.15, -0.1) is 0 Å². The van der Waals surface area contributed by atoms with E-state index < -0.39 is 23.9 Å². The highest BCUT2D eigenvalue weighted by atomic mass is 19.4. The van der Waals surface area contributed by atoms with E-state index in [1.165, 1.54) is 23.1 Å². The van der Waals surface area contributed by atoms with Crippen LogP contribution in [0.25, 0.3) is 0 Å². The normalized spacial score (nSPS) is 25.9. The number of rotatable bonds is 2. The molecule has 2 fully saturated rings. The van der Waals surface area contributed by atoms with Crippen molar-refractivity contribution < 1.29 is 27.8 Å². The second kappa shape index (κ2) is 6.72. The summed E-state index contributed by atoms with van der Waals surface area (Å²) in [6.07, 6.45) is -4.03. The van der Waals surface area contributed by atoms with E-state index in [0.29, 0.717) is 26.1 Å². The van der Waals surface area contributed by atoms with Gasteiger partial charge in [0, 0.05) is 25.7 Å². The summed E-state index contributed by atoms with van der Waals surface area (Å²) in [7, 11) is 0. The molecule has 0 radical (unpaired) electrons. The van der Waals surface area contributed by atoms with Gasteiger partial charge in [-0.1, -0.05) is 18.2 Å². The fourth-order valence-electron chi connectivity index (χ4n) is 3.58. The number of likely N-dealkylation sites (tertiary alicyclic amines) is 1. The number of aliphatic hydroxyl groups is 1. The molecule has 0 aliphatic carbocycles. The molecule has 1 aromatic rings. The molecular formula is C17H20F3NO3. The lowest BCUT2D eigenvalue weighted by atomic mass is 9.95. The van der Waals surface area contributed by atoms with Gasteiger partial charge in [0.2, 0.25) is 5.91 Å². The van der Waals surface area contributed by atoms with E-state index >= 15 is 0 Å². The Kier molecular flexibility index (Phi) is 4.83. The van der Waals surface area contributed by atoms with E-state index in [2.05, 4.69) is 0 Å². The molecule has 7 heteroatoms. The van der Waals surface area contributed by atoms with E-state index in [-0.39, 0.29) is 30.4 Å². The number of aliphatic hydroxyl groups excluding tert-OH is 1. The summed E-state index contributed by atoms with van der Waals surface area (Å²) < 4.78 is 45.1. The highest BCUT2D eigenvalue weighted by molar-refractivity contribution is 5.80. The SMILES string of the molecule is O=C(C1CCOCC1)N1C[C@@H](O)C[C@H]1c1ccccc1C(F)(F)F. The molecule has 2 atom stereocenters. The highest BCUT2D eigenvalue weighted by Crippen LogP contribution is 2.41. The standard InChI is InChI=1S/C17H20F3NO3/c18-17(19,20)14-4-2-1-3-13(14)15-9-12(22)10-21(15)16(23)11-5-7-24-8-6-11/h1-4,11-12,15,22H,5-10H2/t12-,15-/m0/s1. The lowest BCUT2D eigenvalue weighted by Crippen LogP contribution is -2.39. The zero-order valence-electron chi connectivity index (χ0n) is 13.1. The third-order valence-corrected chi connectivity index (χ3v) is 4.76. The first-order valence-electron chi connectivity index (χ1n) is 8.10. The number of ether oxygens (including phenoxy) is 1. The monoisotopic (exact) mass is 343 g/mol. The third kappa shape index (κ3) is 3.42. The minimum atomic E-state index is -4.49. The Labute approximate surface area is 138 Å². The maximum absolute atomic E-state index is 13.3. The summed E-state index contributed by atoms with van der Waals surface area (Å²) in [6, 6.07) is 4.55. The largest absolute Gasteiger partial charge is 0.416 e. The molecule has 4 nitrogen and oxygen atoms in total. The molecule has 132 valence electrons. The van der Waals surface area contributed by atoms with Crippen LogP contribution < -0.4 is 0 Å². The lowest BCUT2D eigenvalue weighted by molar-refractivity contribution is -0.143. The smallest absolute Gasteiger partial charge is 0.391 e. The van der Waals surface area contributed by atoms with Gasteiger partial charge in [-0.25, -0.2) is 0 Å². The molecule has 2 saturated heterocycles. The van der Waals surface area contributed by atoms with Crippen molar-refractivity contribution in [2.45, 2.75) is 37.6 Å². The van der Waals surface area contributed by atoms with Crippen molar-refractivity contribution in [3.8, 4) is 0 Å².